The largest absolute Gasteiger partial charge is 0.489 e. The van der Waals surface area contributed by atoms with Gasteiger partial charge in [0.15, 0.2) is 0 Å². The first-order valence-corrected chi connectivity index (χ1v) is 21.4. The van der Waals surface area contributed by atoms with E-state index in [1.54, 1.807) is 24.3 Å². The number of aromatic nitrogens is 4. The van der Waals surface area contributed by atoms with Crippen LogP contribution in [0.2, 0.25) is 10.0 Å². The molecule has 62 heavy (non-hydrogen) atoms. The van der Waals surface area contributed by atoms with E-state index in [4.69, 9.17) is 41.7 Å². The molecule has 2 aliphatic rings. The van der Waals surface area contributed by atoms with E-state index in [1.807, 2.05) is 88.4 Å². The summed E-state index contributed by atoms with van der Waals surface area (Å²) in [5, 5.41) is 34.4. The van der Waals surface area contributed by atoms with Gasteiger partial charge in [0.1, 0.15) is 11.5 Å². The molecule has 14 nitrogen and oxygen atoms in total. The average molecular weight is 884 g/mol. The molecule has 324 valence electrons. The minimum absolute atomic E-state index is 0.0290. The van der Waals surface area contributed by atoms with Gasteiger partial charge in [0.25, 0.3) is 11.8 Å². The van der Waals surface area contributed by atoms with Gasteiger partial charge in [-0.05, 0) is 138 Å². The lowest BCUT2D eigenvalue weighted by Gasteiger charge is -2.18. The highest BCUT2D eigenvalue weighted by Crippen LogP contribution is 2.35. The van der Waals surface area contributed by atoms with Crippen LogP contribution in [0, 0.1) is 11.8 Å². The fourth-order valence-electron chi connectivity index (χ4n) is 7.60. The van der Waals surface area contributed by atoms with E-state index >= 15 is 0 Å². The zero-order chi connectivity index (χ0) is 43.9. The molecule has 0 amide bonds. The molecule has 2 aliphatic carbocycles. The highest BCUT2D eigenvalue weighted by molar-refractivity contribution is 6.32. The van der Waals surface area contributed by atoms with Crippen molar-refractivity contribution in [2.45, 2.75) is 90.5 Å². The Morgan fingerprint density at radius 2 is 0.968 bits per heavy atom. The molecular weight excluding hydrogens is 835 g/mol. The number of ether oxygens (including phenoxy) is 2. The number of carboxylic acids is 2. The summed E-state index contributed by atoms with van der Waals surface area (Å²) < 4.78 is 22.2. The molecule has 0 saturated heterocycles. The average Bonchev–Trinajstić information content (AvgIpc) is 4.08. The van der Waals surface area contributed by atoms with Crippen LogP contribution in [-0.4, -0.2) is 66.7 Å². The van der Waals surface area contributed by atoms with Crippen LogP contribution in [0.3, 0.4) is 0 Å². The van der Waals surface area contributed by atoms with E-state index in [-0.39, 0.29) is 36.1 Å². The topological polar surface area (TPSA) is 195 Å². The van der Waals surface area contributed by atoms with Crippen molar-refractivity contribution in [3.8, 4) is 57.2 Å². The molecule has 0 spiro atoms. The lowest BCUT2D eigenvalue weighted by molar-refractivity contribution is -0.142. The number of halogens is 2. The maximum absolute atomic E-state index is 11.4. The zero-order valence-electron chi connectivity index (χ0n) is 34.7. The highest BCUT2D eigenvalue weighted by Gasteiger charge is 2.34. The van der Waals surface area contributed by atoms with Gasteiger partial charge >= 0.3 is 11.9 Å². The van der Waals surface area contributed by atoms with Crippen molar-refractivity contribution in [3.63, 3.8) is 0 Å². The van der Waals surface area contributed by atoms with E-state index in [1.165, 1.54) is 0 Å². The van der Waals surface area contributed by atoms with Gasteiger partial charge in [-0.3, -0.25) is 9.59 Å². The monoisotopic (exact) mass is 882 g/mol. The molecule has 4 N–H and O–H groups in total. The number of hydrogen-bond donors (Lipinski definition) is 4. The second-order valence-corrected chi connectivity index (χ2v) is 16.7. The molecule has 0 aliphatic heterocycles. The standard InChI is InChI=1S/2C23H24ClN3O4/c2*1-13(2)30-20-11-8-15(12-18(20)24)21-26-22(31-27-21)14-6-9-16(10-7-14)25-19-5-3-4-17(19)23(28)29/h2*6-13,17,19,25H,3-5H2,1-2H3,(H,28,29)/t2*17-,19-/m10/s1. The van der Waals surface area contributed by atoms with Crippen LogP contribution in [0.5, 0.6) is 11.5 Å². The third-order valence-electron chi connectivity index (χ3n) is 10.6. The molecule has 0 unspecified atom stereocenters. The number of carboxylic acid groups (broad SMARTS) is 2. The lowest BCUT2D eigenvalue weighted by atomic mass is 10.0. The van der Waals surface area contributed by atoms with Gasteiger partial charge in [-0.2, -0.15) is 9.97 Å². The first kappa shape index (κ1) is 44.0. The summed E-state index contributed by atoms with van der Waals surface area (Å²) in [6.45, 7) is 7.76. The smallest absolute Gasteiger partial charge is 0.308 e. The molecule has 2 heterocycles. The van der Waals surface area contributed by atoms with Crippen molar-refractivity contribution in [3.05, 3.63) is 95.0 Å². The molecule has 2 saturated carbocycles. The molecule has 0 radical (unpaired) electrons. The van der Waals surface area contributed by atoms with Crippen LogP contribution in [0.15, 0.2) is 94.0 Å². The predicted octanol–water partition coefficient (Wildman–Crippen LogP) is 11.0. The van der Waals surface area contributed by atoms with Crippen molar-refractivity contribution < 1.29 is 38.3 Å². The quantitative estimate of drug-likeness (QED) is 0.0806. The Kier molecular flexibility index (Phi) is 14.0. The Balaban J connectivity index is 0.000000186. The van der Waals surface area contributed by atoms with Gasteiger partial charge in [0, 0.05) is 45.7 Å². The maximum atomic E-state index is 11.4. The summed E-state index contributed by atoms with van der Waals surface area (Å²) in [5.74, 6) is 0.705. The second kappa shape index (κ2) is 19.7. The molecule has 2 fully saturated rings. The van der Waals surface area contributed by atoms with Gasteiger partial charge in [-0.25, -0.2) is 0 Å². The Labute approximate surface area is 368 Å². The fourth-order valence-corrected chi connectivity index (χ4v) is 8.05. The number of anilines is 2. The molecule has 8 rings (SSSR count). The molecular formula is C46H48Cl2N6O8. The van der Waals surface area contributed by atoms with Crippen molar-refractivity contribution in [1.29, 1.82) is 0 Å². The predicted molar refractivity (Wildman–Crippen MR) is 237 cm³/mol. The molecule has 2 aromatic heterocycles. The Morgan fingerprint density at radius 3 is 1.31 bits per heavy atom. The SMILES string of the molecule is CC(C)Oc1ccc(-c2noc(-c3ccc(N[C@@H]4CCC[C@H]4C(=O)O)cc3)n2)cc1Cl.CC(C)Oc1ccc(-c2noc(-c3ccc(N[C@H]4CCC[C@@H]4C(=O)O)cc3)n2)cc1Cl. The van der Waals surface area contributed by atoms with Crippen LogP contribution in [0.4, 0.5) is 11.4 Å². The number of nitrogens with zero attached hydrogens (tertiary/aromatic N) is 4. The Morgan fingerprint density at radius 1 is 0.597 bits per heavy atom. The normalized spacial score (nSPS) is 18.3. The van der Waals surface area contributed by atoms with Gasteiger partial charge in [0.2, 0.25) is 11.6 Å². The molecule has 4 aromatic carbocycles. The van der Waals surface area contributed by atoms with Crippen molar-refractivity contribution in [2.24, 2.45) is 11.8 Å². The second-order valence-electron chi connectivity index (χ2n) is 15.9. The summed E-state index contributed by atoms with van der Waals surface area (Å²) in [6, 6.07) is 25.7. The van der Waals surface area contributed by atoms with Crippen molar-refractivity contribution >= 4 is 46.5 Å². The maximum Gasteiger partial charge on any atom is 0.308 e. The van der Waals surface area contributed by atoms with E-state index in [2.05, 4.69) is 30.9 Å². The van der Waals surface area contributed by atoms with E-state index in [9.17, 15) is 19.8 Å². The number of carbonyl (C=O) groups is 2. The molecule has 4 atom stereocenters. The first-order valence-electron chi connectivity index (χ1n) is 20.6. The Hall–Kier alpha value is -6.12. The van der Waals surface area contributed by atoms with Gasteiger partial charge in [0.05, 0.1) is 34.1 Å². The minimum Gasteiger partial charge on any atom is -0.489 e. The number of hydrogen-bond acceptors (Lipinski definition) is 12. The minimum atomic E-state index is -0.742. The number of aliphatic carboxylic acids is 2. The number of rotatable bonds is 14. The van der Waals surface area contributed by atoms with Crippen LogP contribution in [0.25, 0.3) is 45.7 Å². The van der Waals surface area contributed by atoms with E-state index in [0.717, 1.165) is 59.3 Å². The summed E-state index contributed by atoms with van der Waals surface area (Å²) in [6.07, 6.45) is 5.04. The van der Waals surface area contributed by atoms with Gasteiger partial charge in [-0.1, -0.05) is 46.4 Å². The number of nitrogens with one attached hydrogen (secondary N) is 2. The molecule has 0 bridgehead atoms. The highest BCUT2D eigenvalue weighted by atomic mass is 35.5. The van der Waals surface area contributed by atoms with Gasteiger partial charge < -0.3 is 39.4 Å². The third-order valence-corrected chi connectivity index (χ3v) is 11.2. The van der Waals surface area contributed by atoms with Gasteiger partial charge in [-0.15, -0.1) is 0 Å². The van der Waals surface area contributed by atoms with Crippen molar-refractivity contribution in [1.82, 2.24) is 20.3 Å². The summed E-state index contributed by atoms with van der Waals surface area (Å²) >= 11 is 12.6. The number of benzene rings is 4. The molecule has 16 heteroatoms. The lowest BCUT2D eigenvalue weighted by Crippen LogP contribution is -2.29. The third kappa shape index (κ3) is 10.8. The summed E-state index contributed by atoms with van der Waals surface area (Å²) in [7, 11) is 0. The van der Waals surface area contributed by atoms with Crippen LogP contribution >= 0.6 is 23.2 Å². The first-order chi connectivity index (χ1) is 29.8. The van der Waals surface area contributed by atoms with Crippen LogP contribution in [0.1, 0.15) is 66.2 Å². The summed E-state index contributed by atoms with van der Waals surface area (Å²) in [4.78, 5) is 31.7. The zero-order valence-corrected chi connectivity index (χ0v) is 36.2. The molecule has 6 aromatic rings. The van der Waals surface area contributed by atoms with Crippen LogP contribution in [-0.2, 0) is 9.59 Å². The van der Waals surface area contributed by atoms with Crippen LogP contribution < -0.4 is 20.1 Å². The Bertz CT molecular complexity index is 2300. The van der Waals surface area contributed by atoms with E-state index < -0.39 is 11.9 Å². The summed E-state index contributed by atoms with van der Waals surface area (Å²) in [5.41, 5.74) is 4.75. The fraction of sp³-hybridized carbons (Fsp3) is 0.348. The van der Waals surface area contributed by atoms with Crippen molar-refractivity contribution in [2.75, 3.05) is 10.6 Å². The van der Waals surface area contributed by atoms with E-state index in [0.29, 0.717) is 57.8 Å².